The zero-order chi connectivity index (χ0) is 22.1. The Morgan fingerprint density at radius 3 is 2.40 bits per heavy atom. The number of aliphatic carboxylic acids is 1. The van der Waals surface area contributed by atoms with Crippen molar-refractivity contribution in [2.75, 3.05) is 11.5 Å². The van der Waals surface area contributed by atoms with Crippen LogP contribution in [0.2, 0.25) is 5.02 Å². The number of rotatable bonds is 11. The maximum atomic E-state index is 10.8. The van der Waals surface area contributed by atoms with Crippen molar-refractivity contribution in [2.45, 2.75) is 49.3 Å². The van der Waals surface area contributed by atoms with Crippen LogP contribution in [-0.4, -0.2) is 38.6 Å². The van der Waals surface area contributed by atoms with E-state index < -0.39 is 5.97 Å². The van der Waals surface area contributed by atoms with Crippen LogP contribution in [0.3, 0.4) is 0 Å². The molecule has 0 heterocycles. The number of hydrogen-bond acceptors (Lipinski definition) is 6. The molecule has 0 aliphatic carbocycles. The number of nitrogens with zero attached hydrogens (tertiary/aromatic N) is 1. The number of benzene rings is 2. The highest BCUT2D eigenvalue weighted by Gasteiger charge is 2.14. The first-order valence-electron chi connectivity index (χ1n) is 9.67. The van der Waals surface area contributed by atoms with Crippen LogP contribution in [0, 0.1) is 0 Å². The molecule has 0 bridgehead atoms. The molecule has 0 amide bonds. The Bertz CT molecular complexity index is 918. The number of phenolic OH excluding ortho intramolecular Hbond substituents is 1. The smallest absolute Gasteiger partial charge is 0.307 e. The molecule has 0 saturated carbocycles. The van der Waals surface area contributed by atoms with Gasteiger partial charge in [-0.3, -0.25) is 4.79 Å². The highest BCUT2D eigenvalue weighted by atomic mass is 35.5. The molecular weight excluding hydrogens is 442 g/mol. The Morgan fingerprint density at radius 2 is 1.80 bits per heavy atom. The third-order valence-corrected chi connectivity index (χ3v) is 7.21. The standard InChI is InChI=1S/C22H26ClNO4S2/c1-3-5-17-19(9-7-16(22(17)27)14(2)24-28)29-10-4-11-30-20-8-6-15(12-18(20)23)13-21(25)26/h6-9,12,27-28H,3-5,10-11,13H2,1-2H3,(H,25,26)/b24-14+. The molecule has 0 fully saturated rings. The van der Waals surface area contributed by atoms with E-state index in [0.717, 1.165) is 46.1 Å². The van der Waals surface area contributed by atoms with Crippen molar-refractivity contribution in [1.82, 2.24) is 0 Å². The molecule has 162 valence electrons. The number of oxime groups is 1. The van der Waals surface area contributed by atoms with E-state index in [2.05, 4.69) is 12.1 Å². The van der Waals surface area contributed by atoms with Crippen LogP contribution < -0.4 is 0 Å². The SMILES string of the molecule is CCCc1c(SCCCSc2ccc(CC(=O)O)cc2Cl)ccc(/C(C)=N/O)c1O. The predicted molar refractivity (Wildman–Crippen MR) is 125 cm³/mol. The molecule has 8 heteroatoms. The van der Waals surface area contributed by atoms with Crippen LogP contribution in [0.5, 0.6) is 5.75 Å². The maximum absolute atomic E-state index is 10.8. The molecule has 0 spiro atoms. The lowest BCUT2D eigenvalue weighted by Crippen LogP contribution is -2.00. The fraction of sp³-hybridized carbons (Fsp3) is 0.364. The minimum absolute atomic E-state index is 0.0310. The number of carboxylic acid groups (broad SMARTS) is 1. The summed E-state index contributed by atoms with van der Waals surface area (Å²) in [6, 6.07) is 9.16. The van der Waals surface area contributed by atoms with Gasteiger partial charge < -0.3 is 15.4 Å². The summed E-state index contributed by atoms with van der Waals surface area (Å²) in [5, 5.41) is 32.2. The molecule has 2 aromatic carbocycles. The summed E-state index contributed by atoms with van der Waals surface area (Å²) in [7, 11) is 0. The first-order chi connectivity index (χ1) is 14.4. The van der Waals surface area contributed by atoms with E-state index in [9.17, 15) is 9.90 Å². The normalized spacial score (nSPS) is 11.6. The molecule has 2 aromatic rings. The molecule has 0 aliphatic rings. The van der Waals surface area contributed by atoms with Crippen LogP contribution in [0.4, 0.5) is 0 Å². The largest absolute Gasteiger partial charge is 0.507 e. The van der Waals surface area contributed by atoms with Crippen LogP contribution in [0.25, 0.3) is 0 Å². The lowest BCUT2D eigenvalue weighted by atomic mass is 10.0. The van der Waals surface area contributed by atoms with Gasteiger partial charge in [0.05, 0.1) is 17.2 Å². The van der Waals surface area contributed by atoms with Gasteiger partial charge in [0.15, 0.2) is 0 Å². The number of halogens is 1. The molecule has 2 rings (SSSR count). The molecule has 3 N–H and O–H groups in total. The van der Waals surface area contributed by atoms with Crippen LogP contribution in [-0.2, 0) is 17.6 Å². The number of carbonyl (C=O) groups is 1. The second-order valence-corrected chi connectivity index (χ2v) is 9.44. The molecule has 5 nitrogen and oxygen atoms in total. The molecule has 0 aliphatic heterocycles. The Kier molecular flexibility index (Phi) is 9.88. The Labute approximate surface area is 190 Å². The average Bonchev–Trinajstić information content (AvgIpc) is 2.70. The van der Waals surface area contributed by atoms with Crippen molar-refractivity contribution in [3.8, 4) is 5.75 Å². The molecule has 0 radical (unpaired) electrons. The van der Waals surface area contributed by atoms with Crippen LogP contribution in [0.15, 0.2) is 45.3 Å². The summed E-state index contributed by atoms with van der Waals surface area (Å²) in [4.78, 5) is 12.8. The first kappa shape index (κ1) is 24.4. The van der Waals surface area contributed by atoms with Crippen molar-refractivity contribution >= 4 is 46.8 Å². The minimum atomic E-state index is -0.871. The topological polar surface area (TPSA) is 90.1 Å². The summed E-state index contributed by atoms with van der Waals surface area (Å²) in [6.07, 6.45) is 2.59. The quantitative estimate of drug-likeness (QED) is 0.122. The van der Waals surface area contributed by atoms with Crippen LogP contribution >= 0.6 is 35.1 Å². The fourth-order valence-electron chi connectivity index (χ4n) is 2.96. The van der Waals surface area contributed by atoms with E-state index in [-0.39, 0.29) is 12.2 Å². The third kappa shape index (κ3) is 6.86. The Balaban J connectivity index is 1.93. The molecule has 0 unspecified atom stereocenters. The average molecular weight is 468 g/mol. The molecule has 0 aromatic heterocycles. The van der Waals surface area contributed by atoms with Gasteiger partial charge in [-0.1, -0.05) is 36.2 Å². The predicted octanol–water partition coefficient (Wildman–Crippen LogP) is 6.10. The van der Waals surface area contributed by atoms with Gasteiger partial charge >= 0.3 is 5.97 Å². The number of carboxylic acids is 1. The van der Waals surface area contributed by atoms with Crippen molar-refractivity contribution in [3.05, 3.63) is 52.0 Å². The van der Waals surface area contributed by atoms with E-state index >= 15 is 0 Å². The summed E-state index contributed by atoms with van der Waals surface area (Å²) >= 11 is 9.63. The van der Waals surface area contributed by atoms with Gasteiger partial charge in [0, 0.05) is 20.9 Å². The van der Waals surface area contributed by atoms with Crippen molar-refractivity contribution in [1.29, 1.82) is 0 Å². The van der Waals surface area contributed by atoms with E-state index in [1.54, 1.807) is 48.6 Å². The van der Waals surface area contributed by atoms with Gasteiger partial charge in [0.25, 0.3) is 0 Å². The second-order valence-electron chi connectivity index (χ2n) is 6.76. The summed E-state index contributed by atoms with van der Waals surface area (Å²) in [5.74, 6) is 1.10. The Hall–Kier alpha value is -1.83. The Morgan fingerprint density at radius 1 is 1.13 bits per heavy atom. The number of hydrogen-bond donors (Lipinski definition) is 3. The lowest BCUT2D eigenvalue weighted by Gasteiger charge is -2.14. The highest BCUT2D eigenvalue weighted by molar-refractivity contribution is 8.00. The zero-order valence-corrected chi connectivity index (χ0v) is 19.4. The number of aromatic hydroxyl groups is 1. The number of phenols is 1. The van der Waals surface area contributed by atoms with E-state index in [1.807, 2.05) is 12.1 Å². The van der Waals surface area contributed by atoms with Gasteiger partial charge in [-0.25, -0.2) is 0 Å². The highest BCUT2D eigenvalue weighted by Crippen LogP contribution is 2.35. The third-order valence-electron chi connectivity index (χ3n) is 4.44. The monoisotopic (exact) mass is 467 g/mol. The van der Waals surface area contributed by atoms with Gasteiger partial charge in [-0.15, -0.1) is 23.5 Å². The van der Waals surface area contributed by atoms with E-state index in [0.29, 0.717) is 21.9 Å². The summed E-state index contributed by atoms with van der Waals surface area (Å²) in [6.45, 7) is 3.73. The van der Waals surface area contributed by atoms with Crippen molar-refractivity contribution in [2.24, 2.45) is 5.16 Å². The van der Waals surface area contributed by atoms with Gasteiger partial charge in [0.1, 0.15) is 5.75 Å². The zero-order valence-electron chi connectivity index (χ0n) is 17.0. The van der Waals surface area contributed by atoms with E-state index in [1.165, 1.54) is 0 Å². The minimum Gasteiger partial charge on any atom is -0.507 e. The van der Waals surface area contributed by atoms with Gasteiger partial charge in [-0.05, 0) is 61.1 Å². The lowest BCUT2D eigenvalue weighted by molar-refractivity contribution is -0.136. The first-order valence-corrected chi connectivity index (χ1v) is 12.0. The molecular formula is C22H26ClNO4S2. The van der Waals surface area contributed by atoms with Crippen molar-refractivity contribution in [3.63, 3.8) is 0 Å². The maximum Gasteiger partial charge on any atom is 0.307 e. The van der Waals surface area contributed by atoms with E-state index in [4.69, 9.17) is 21.9 Å². The molecule has 0 saturated heterocycles. The van der Waals surface area contributed by atoms with Crippen molar-refractivity contribution < 1.29 is 20.2 Å². The van der Waals surface area contributed by atoms with Crippen LogP contribution in [0.1, 0.15) is 43.4 Å². The van der Waals surface area contributed by atoms with Gasteiger partial charge in [-0.2, -0.15) is 0 Å². The molecule has 30 heavy (non-hydrogen) atoms. The second kappa shape index (κ2) is 12.1. The van der Waals surface area contributed by atoms with Gasteiger partial charge in [0.2, 0.25) is 0 Å². The fourth-order valence-corrected chi connectivity index (χ4v) is 5.42. The summed E-state index contributed by atoms with van der Waals surface area (Å²) < 4.78 is 0. The summed E-state index contributed by atoms with van der Waals surface area (Å²) in [5.41, 5.74) is 2.54. The molecule has 0 atom stereocenters. The number of thioether (sulfide) groups is 2.